The second-order valence-electron chi connectivity index (χ2n) is 9.42. The van der Waals surface area contributed by atoms with Crippen molar-refractivity contribution in [3.63, 3.8) is 0 Å². The number of hydrogen-bond donors (Lipinski definition) is 2. The number of hydrogen-bond acceptors (Lipinski definition) is 4. The fraction of sp³-hybridized carbons (Fsp3) is 0.900. The predicted octanol–water partition coefficient (Wildman–Crippen LogP) is 2.35. The molecule has 0 amide bonds. The zero-order chi connectivity index (χ0) is 17.4. The Kier molecular flexibility index (Phi) is 3.58. The van der Waals surface area contributed by atoms with Crippen LogP contribution in [0, 0.1) is 40.4 Å². The van der Waals surface area contributed by atoms with Gasteiger partial charge in [-0.1, -0.05) is 20.8 Å². The van der Waals surface area contributed by atoms with Gasteiger partial charge in [-0.15, -0.1) is 0 Å². The molecular weight excluding hydrogens is 304 g/mol. The summed E-state index contributed by atoms with van der Waals surface area (Å²) in [6, 6.07) is 0. The first-order chi connectivity index (χ1) is 11.2. The molecule has 24 heavy (non-hydrogen) atoms. The second kappa shape index (κ2) is 5.14. The van der Waals surface area contributed by atoms with Gasteiger partial charge in [-0.2, -0.15) is 0 Å². The number of rotatable bonds is 0. The molecule has 0 heterocycles. The quantitative estimate of drug-likeness (QED) is 0.713. The average molecular weight is 334 g/mol. The van der Waals surface area contributed by atoms with Crippen LogP contribution in [0.25, 0.3) is 0 Å². The second-order valence-corrected chi connectivity index (χ2v) is 9.42. The summed E-state index contributed by atoms with van der Waals surface area (Å²) in [5.41, 5.74) is -0.736. The van der Waals surface area contributed by atoms with Gasteiger partial charge in [0.25, 0.3) is 0 Å². The Hall–Kier alpha value is -0.740. The van der Waals surface area contributed by atoms with E-state index in [-0.39, 0.29) is 29.0 Å². The number of carbonyl (C=O) groups is 2. The third kappa shape index (κ3) is 1.82. The van der Waals surface area contributed by atoms with Crippen LogP contribution in [0.2, 0.25) is 0 Å². The van der Waals surface area contributed by atoms with E-state index < -0.39 is 17.6 Å². The molecule has 4 fully saturated rings. The molecule has 0 aromatic carbocycles. The highest BCUT2D eigenvalue weighted by molar-refractivity contribution is 5.91. The van der Waals surface area contributed by atoms with E-state index in [9.17, 15) is 19.8 Å². The lowest BCUT2D eigenvalue weighted by Crippen LogP contribution is -2.64. The van der Waals surface area contributed by atoms with Crippen molar-refractivity contribution in [2.24, 2.45) is 40.4 Å². The summed E-state index contributed by atoms with van der Waals surface area (Å²) in [4.78, 5) is 25.5. The lowest BCUT2D eigenvalue weighted by molar-refractivity contribution is -0.189. The largest absolute Gasteiger partial charge is 0.390 e. The number of aliphatic hydroxyl groups is 2. The summed E-state index contributed by atoms with van der Waals surface area (Å²) in [6.07, 6.45) is 3.22. The first kappa shape index (κ1) is 16.7. The van der Waals surface area contributed by atoms with E-state index in [0.717, 1.165) is 32.1 Å². The fourth-order valence-corrected chi connectivity index (χ4v) is 7.33. The third-order valence-electron chi connectivity index (χ3n) is 8.79. The maximum absolute atomic E-state index is 13.1. The van der Waals surface area contributed by atoms with Gasteiger partial charge in [0.1, 0.15) is 11.9 Å². The van der Waals surface area contributed by atoms with Crippen molar-refractivity contribution in [3.8, 4) is 0 Å². The van der Waals surface area contributed by atoms with Crippen molar-refractivity contribution in [1.82, 2.24) is 0 Å². The van der Waals surface area contributed by atoms with Crippen LogP contribution in [0.5, 0.6) is 0 Å². The van der Waals surface area contributed by atoms with Crippen molar-refractivity contribution in [2.75, 3.05) is 0 Å². The van der Waals surface area contributed by atoms with Crippen LogP contribution >= 0.6 is 0 Å². The highest BCUT2D eigenvalue weighted by Crippen LogP contribution is 2.65. The van der Waals surface area contributed by atoms with Crippen LogP contribution in [0.1, 0.15) is 59.3 Å². The number of aliphatic hydroxyl groups excluding tert-OH is 2. The minimum atomic E-state index is -1.25. The molecule has 4 heteroatoms. The van der Waals surface area contributed by atoms with Crippen LogP contribution in [0.4, 0.5) is 0 Å². The van der Waals surface area contributed by atoms with Gasteiger partial charge in [0, 0.05) is 17.3 Å². The van der Waals surface area contributed by atoms with E-state index in [1.54, 1.807) is 0 Å². The Labute approximate surface area is 144 Å². The molecule has 0 bridgehead atoms. The van der Waals surface area contributed by atoms with Crippen molar-refractivity contribution in [3.05, 3.63) is 0 Å². The van der Waals surface area contributed by atoms with E-state index in [1.807, 2.05) is 13.8 Å². The van der Waals surface area contributed by atoms with Crippen LogP contribution in [-0.4, -0.2) is 34.0 Å². The molecule has 134 valence electrons. The van der Waals surface area contributed by atoms with Gasteiger partial charge in [0.15, 0.2) is 5.78 Å². The molecule has 0 saturated heterocycles. The first-order valence-corrected chi connectivity index (χ1v) is 9.66. The molecule has 0 aromatic rings. The zero-order valence-electron chi connectivity index (χ0n) is 15.0. The van der Waals surface area contributed by atoms with Crippen molar-refractivity contribution in [1.29, 1.82) is 0 Å². The van der Waals surface area contributed by atoms with Crippen molar-refractivity contribution < 1.29 is 19.8 Å². The van der Waals surface area contributed by atoms with Crippen LogP contribution in [0.3, 0.4) is 0 Å². The van der Waals surface area contributed by atoms with E-state index in [0.29, 0.717) is 24.0 Å². The van der Waals surface area contributed by atoms with Crippen LogP contribution in [-0.2, 0) is 9.59 Å². The van der Waals surface area contributed by atoms with Crippen molar-refractivity contribution in [2.45, 2.75) is 71.5 Å². The maximum Gasteiger partial charge on any atom is 0.170 e. The standard InChI is InChI=1S/C20H30O4/c1-10-12-5-4-11-13-6-7-15(21)19(13,2)9-8-14(11)20(12,3)18(24)17(23)16(10)22/h10-14,16-17,22-23H,4-9H2,1-3H3/t10-,11-,12-,13-,14-,16+,17+,19-,20-/m0/s1. The third-order valence-corrected chi connectivity index (χ3v) is 8.79. The summed E-state index contributed by atoms with van der Waals surface area (Å²) in [7, 11) is 0. The summed E-state index contributed by atoms with van der Waals surface area (Å²) in [6.45, 7) is 6.17. The predicted molar refractivity (Wildman–Crippen MR) is 89.1 cm³/mol. The maximum atomic E-state index is 13.1. The molecule has 4 saturated carbocycles. The molecular formula is C20H30O4. The Bertz CT molecular complexity index is 586. The smallest absolute Gasteiger partial charge is 0.170 e. The number of ketones is 2. The normalized spacial score (nSPS) is 57.3. The zero-order valence-corrected chi connectivity index (χ0v) is 15.0. The SMILES string of the molecule is C[C@@H]1[C@@H](O)[C@@H](O)C(=O)[C@@]2(C)[C@H]1CC[C@@H]1[C@@H]2CC[C@]2(C)C(=O)CC[C@@H]12. The fourth-order valence-electron chi connectivity index (χ4n) is 7.33. The molecule has 0 aliphatic heterocycles. The molecule has 2 N–H and O–H groups in total. The van der Waals surface area contributed by atoms with Gasteiger partial charge in [0.2, 0.25) is 0 Å². The summed E-state index contributed by atoms with van der Waals surface area (Å²) >= 11 is 0. The molecule has 0 spiro atoms. The van der Waals surface area contributed by atoms with Gasteiger partial charge in [-0.05, 0) is 61.7 Å². The summed E-state index contributed by atoms with van der Waals surface area (Å²) < 4.78 is 0. The average Bonchev–Trinajstić information content (AvgIpc) is 2.87. The highest BCUT2D eigenvalue weighted by Gasteiger charge is 2.65. The van der Waals surface area contributed by atoms with Gasteiger partial charge in [-0.3, -0.25) is 9.59 Å². The van der Waals surface area contributed by atoms with Gasteiger partial charge < -0.3 is 10.2 Å². The molecule has 9 atom stereocenters. The van der Waals surface area contributed by atoms with E-state index >= 15 is 0 Å². The minimum Gasteiger partial charge on any atom is -0.390 e. The van der Waals surface area contributed by atoms with E-state index in [4.69, 9.17) is 0 Å². The molecule has 4 aliphatic rings. The number of fused-ring (bicyclic) bond motifs is 5. The van der Waals surface area contributed by atoms with Crippen LogP contribution < -0.4 is 0 Å². The lowest BCUT2D eigenvalue weighted by Gasteiger charge is -2.61. The molecule has 0 aromatic heterocycles. The topological polar surface area (TPSA) is 74.6 Å². The summed E-state index contributed by atoms with van der Waals surface area (Å²) in [5.74, 6) is 1.41. The molecule has 0 unspecified atom stereocenters. The highest BCUT2D eigenvalue weighted by atomic mass is 16.3. The van der Waals surface area contributed by atoms with Gasteiger partial charge in [0.05, 0.1) is 6.10 Å². The Morgan fingerprint density at radius 3 is 2.38 bits per heavy atom. The van der Waals surface area contributed by atoms with E-state index in [1.165, 1.54) is 0 Å². The number of Topliss-reactive ketones (excluding diaryl/α,β-unsaturated/α-hetero) is 2. The lowest BCUT2D eigenvalue weighted by atomic mass is 9.43. The Morgan fingerprint density at radius 2 is 1.67 bits per heavy atom. The monoisotopic (exact) mass is 334 g/mol. The molecule has 4 rings (SSSR count). The Morgan fingerprint density at radius 1 is 0.958 bits per heavy atom. The van der Waals surface area contributed by atoms with E-state index in [2.05, 4.69) is 6.92 Å². The van der Waals surface area contributed by atoms with Crippen molar-refractivity contribution >= 4 is 11.6 Å². The minimum absolute atomic E-state index is 0.0535. The van der Waals surface area contributed by atoms with Gasteiger partial charge >= 0.3 is 0 Å². The molecule has 4 aliphatic carbocycles. The Balaban J connectivity index is 1.73. The van der Waals surface area contributed by atoms with Gasteiger partial charge in [-0.25, -0.2) is 0 Å². The summed E-state index contributed by atoms with van der Waals surface area (Å²) in [5, 5.41) is 20.6. The molecule has 0 radical (unpaired) electrons. The van der Waals surface area contributed by atoms with Crippen LogP contribution in [0.15, 0.2) is 0 Å². The number of carbonyl (C=O) groups excluding carboxylic acids is 2. The first-order valence-electron chi connectivity index (χ1n) is 9.66. The molecule has 4 nitrogen and oxygen atoms in total.